The predicted octanol–water partition coefficient (Wildman–Crippen LogP) is 2.77. The van der Waals surface area contributed by atoms with Gasteiger partial charge in [0.2, 0.25) is 5.78 Å². The Morgan fingerprint density at radius 2 is 2.07 bits per heavy atom. The van der Waals surface area contributed by atoms with Crippen LogP contribution >= 0.6 is 0 Å². The van der Waals surface area contributed by atoms with Gasteiger partial charge in [0.05, 0.1) is 38.3 Å². The maximum Gasteiger partial charge on any atom is 0.219 e. The van der Waals surface area contributed by atoms with Gasteiger partial charge in [0.25, 0.3) is 0 Å². The second-order valence-electron chi connectivity index (χ2n) is 8.22. The lowest BCUT2D eigenvalue weighted by Crippen LogP contribution is -3.16. The second-order valence-corrected chi connectivity index (χ2v) is 8.22. The Labute approximate surface area is 172 Å². The lowest BCUT2D eigenvalue weighted by molar-refractivity contribution is -0.894. The average Bonchev–Trinajstić information content (AvgIpc) is 3.03. The van der Waals surface area contributed by atoms with Gasteiger partial charge < -0.3 is 19.5 Å². The van der Waals surface area contributed by atoms with Crippen molar-refractivity contribution in [2.45, 2.75) is 26.8 Å². The van der Waals surface area contributed by atoms with Gasteiger partial charge in [0.1, 0.15) is 12.3 Å². The van der Waals surface area contributed by atoms with Gasteiger partial charge in [0.15, 0.2) is 0 Å². The van der Waals surface area contributed by atoms with E-state index in [1.807, 2.05) is 19.1 Å². The zero-order valence-electron chi connectivity index (χ0n) is 17.7. The molecule has 0 spiro atoms. The van der Waals surface area contributed by atoms with Gasteiger partial charge in [-0.2, -0.15) is 0 Å². The molecule has 0 bridgehead atoms. The first-order valence-corrected chi connectivity index (χ1v) is 10.3. The third kappa shape index (κ3) is 3.87. The fraction of sp³-hybridized carbons (Fsp3) is 0.375. The van der Waals surface area contributed by atoms with Crippen molar-refractivity contribution in [1.82, 2.24) is 4.98 Å². The van der Waals surface area contributed by atoms with Crippen molar-refractivity contribution in [1.29, 1.82) is 0 Å². The fourth-order valence-electron chi connectivity index (χ4n) is 4.58. The Balaban J connectivity index is 1.46. The number of aryl methyl sites for hydroxylation is 2. The number of carbonyl (C=O) groups excluding carboxylic acids is 1. The first-order valence-electron chi connectivity index (χ1n) is 10.3. The zero-order valence-corrected chi connectivity index (χ0v) is 17.7. The van der Waals surface area contributed by atoms with Crippen molar-refractivity contribution in [3.05, 3.63) is 59.3 Å². The average molecular weight is 393 g/mol. The molecule has 0 aliphatic carbocycles. The molecular formula is C24H30N3O2+. The summed E-state index contributed by atoms with van der Waals surface area (Å²) in [6.07, 6.45) is 0. The van der Waals surface area contributed by atoms with Gasteiger partial charge in [0, 0.05) is 28.4 Å². The summed E-state index contributed by atoms with van der Waals surface area (Å²) in [7, 11) is 1.70. The number of hydrogen-bond acceptors (Lipinski definition) is 3. The Kier molecular flexibility index (Phi) is 5.33. The monoisotopic (exact) mass is 392 g/mol. The van der Waals surface area contributed by atoms with Gasteiger partial charge in [-0.1, -0.05) is 18.2 Å². The summed E-state index contributed by atoms with van der Waals surface area (Å²) in [6, 6.07) is 14.8. The number of nitrogens with zero attached hydrogens (tertiary/aromatic N) is 1. The van der Waals surface area contributed by atoms with E-state index in [0.29, 0.717) is 12.6 Å². The largest absolute Gasteiger partial charge is 0.497 e. The molecule has 5 heteroatoms. The number of methoxy groups -OCH3 is 1. The van der Waals surface area contributed by atoms with Crippen LogP contribution in [0.3, 0.4) is 0 Å². The Bertz CT molecular complexity index is 1040. The first kappa shape index (κ1) is 19.5. The summed E-state index contributed by atoms with van der Waals surface area (Å²) < 4.78 is 5.37. The first-order chi connectivity index (χ1) is 14.0. The van der Waals surface area contributed by atoms with Crippen LogP contribution < -0.4 is 14.5 Å². The van der Waals surface area contributed by atoms with E-state index in [-0.39, 0.29) is 5.78 Å². The number of aromatic nitrogens is 1. The summed E-state index contributed by atoms with van der Waals surface area (Å²) in [5.74, 6) is 1.11. The van der Waals surface area contributed by atoms with Crippen LogP contribution in [0, 0.1) is 13.8 Å². The van der Waals surface area contributed by atoms with Crippen molar-refractivity contribution in [3.63, 3.8) is 0 Å². The highest BCUT2D eigenvalue weighted by molar-refractivity contribution is 6.09. The molecule has 5 nitrogen and oxygen atoms in total. The maximum absolute atomic E-state index is 13.2. The van der Waals surface area contributed by atoms with E-state index in [0.717, 1.165) is 47.5 Å². The standard InChI is InChI=1S/C24H29N3O2/c1-16-8-9-21-22(12-16)25-18(3)24(21)23(28)15-26-10-11-27(17(2)14-26)19-6-5-7-20(13-19)29-4/h5-9,12-13,17,25H,10-11,14-15H2,1-4H3/p+1/t17-/m0/s1. The minimum absolute atomic E-state index is 0.231. The Morgan fingerprint density at radius 3 is 2.83 bits per heavy atom. The molecule has 0 amide bonds. The van der Waals surface area contributed by atoms with E-state index < -0.39 is 0 Å². The van der Waals surface area contributed by atoms with Crippen LogP contribution in [0.25, 0.3) is 10.9 Å². The minimum Gasteiger partial charge on any atom is -0.497 e. The topological polar surface area (TPSA) is 49.8 Å². The van der Waals surface area contributed by atoms with Crippen molar-refractivity contribution < 1.29 is 14.4 Å². The van der Waals surface area contributed by atoms with Gasteiger partial charge in [-0.25, -0.2) is 0 Å². The molecule has 0 radical (unpaired) electrons. The van der Waals surface area contributed by atoms with Crippen molar-refractivity contribution in [2.75, 3.05) is 38.2 Å². The third-order valence-corrected chi connectivity index (χ3v) is 6.04. The van der Waals surface area contributed by atoms with E-state index in [9.17, 15) is 4.79 Å². The lowest BCUT2D eigenvalue weighted by atomic mass is 10.0. The molecule has 1 unspecified atom stereocenters. The molecular weight excluding hydrogens is 362 g/mol. The molecule has 1 fully saturated rings. The number of ether oxygens (including phenoxy) is 1. The van der Waals surface area contributed by atoms with Crippen LogP contribution in [0.4, 0.5) is 5.69 Å². The highest BCUT2D eigenvalue weighted by Gasteiger charge is 2.29. The molecule has 2 aromatic carbocycles. The number of piperazine rings is 1. The van der Waals surface area contributed by atoms with Crippen molar-refractivity contribution >= 4 is 22.4 Å². The number of Topliss-reactive ketones (excluding diaryl/α,β-unsaturated/α-hetero) is 1. The number of quaternary nitrogens is 1. The van der Waals surface area contributed by atoms with E-state index in [1.165, 1.54) is 16.2 Å². The van der Waals surface area contributed by atoms with Crippen molar-refractivity contribution in [3.8, 4) is 5.75 Å². The summed E-state index contributed by atoms with van der Waals surface area (Å²) in [5.41, 5.74) is 5.27. The maximum atomic E-state index is 13.2. The number of carbonyl (C=O) groups is 1. The summed E-state index contributed by atoms with van der Waals surface area (Å²) >= 11 is 0. The molecule has 0 saturated carbocycles. The van der Waals surface area contributed by atoms with Crippen LogP contribution in [-0.2, 0) is 0 Å². The number of ketones is 1. The number of rotatable bonds is 5. The molecule has 1 aromatic heterocycles. The number of benzene rings is 2. The number of hydrogen-bond donors (Lipinski definition) is 2. The molecule has 29 heavy (non-hydrogen) atoms. The fourth-order valence-corrected chi connectivity index (χ4v) is 4.58. The van der Waals surface area contributed by atoms with Gasteiger partial charge >= 0.3 is 0 Å². The second kappa shape index (κ2) is 7.91. The SMILES string of the molecule is COc1cccc(N2CC[NH+](CC(=O)c3c(C)[nH]c4cc(C)ccc34)C[C@@H]2C)c1. The van der Waals surface area contributed by atoms with E-state index in [2.05, 4.69) is 54.1 Å². The summed E-state index contributed by atoms with van der Waals surface area (Å²) in [5, 5.41) is 1.04. The molecule has 1 saturated heterocycles. The molecule has 1 aliphatic heterocycles. The highest BCUT2D eigenvalue weighted by Crippen LogP contribution is 2.24. The number of H-pyrrole nitrogens is 1. The molecule has 4 rings (SSSR count). The van der Waals surface area contributed by atoms with Gasteiger partial charge in [-0.3, -0.25) is 4.79 Å². The van der Waals surface area contributed by atoms with Crippen LogP contribution in [-0.4, -0.2) is 50.1 Å². The molecule has 3 aromatic rings. The molecule has 2 heterocycles. The summed E-state index contributed by atoms with van der Waals surface area (Å²) in [4.78, 5) is 20.3. The summed E-state index contributed by atoms with van der Waals surface area (Å²) in [6.45, 7) is 9.69. The van der Waals surface area contributed by atoms with E-state index in [1.54, 1.807) is 7.11 Å². The number of aromatic amines is 1. The van der Waals surface area contributed by atoms with Crippen LogP contribution in [0.2, 0.25) is 0 Å². The van der Waals surface area contributed by atoms with Crippen LogP contribution in [0.5, 0.6) is 5.75 Å². The van der Waals surface area contributed by atoms with Crippen molar-refractivity contribution in [2.24, 2.45) is 0 Å². The lowest BCUT2D eigenvalue weighted by Gasteiger charge is -2.38. The molecule has 2 N–H and O–H groups in total. The third-order valence-electron chi connectivity index (χ3n) is 6.04. The van der Waals surface area contributed by atoms with Gasteiger partial charge in [-0.15, -0.1) is 0 Å². The minimum atomic E-state index is 0.231. The quantitative estimate of drug-likeness (QED) is 0.657. The highest BCUT2D eigenvalue weighted by atomic mass is 16.5. The number of nitrogens with one attached hydrogen (secondary N) is 2. The van der Waals surface area contributed by atoms with E-state index in [4.69, 9.17) is 4.74 Å². The number of fused-ring (bicyclic) bond motifs is 1. The zero-order chi connectivity index (χ0) is 20.5. The normalized spacial score (nSPS) is 19.5. The Morgan fingerprint density at radius 1 is 1.24 bits per heavy atom. The molecule has 1 aliphatic rings. The van der Waals surface area contributed by atoms with Gasteiger partial charge in [-0.05, 0) is 44.5 Å². The smallest absolute Gasteiger partial charge is 0.219 e. The van der Waals surface area contributed by atoms with Crippen LogP contribution in [0.1, 0.15) is 28.5 Å². The molecule has 2 atom stereocenters. The predicted molar refractivity (Wildman–Crippen MR) is 117 cm³/mol. The molecule has 152 valence electrons. The van der Waals surface area contributed by atoms with E-state index >= 15 is 0 Å². The van der Waals surface area contributed by atoms with Crippen LogP contribution in [0.15, 0.2) is 42.5 Å². The number of anilines is 1. The Hall–Kier alpha value is -2.79.